The van der Waals surface area contributed by atoms with Crippen LogP contribution in [0.25, 0.3) is 0 Å². The van der Waals surface area contributed by atoms with Gasteiger partial charge in [0.1, 0.15) is 0 Å². The molecule has 0 saturated carbocycles. The molecule has 0 spiro atoms. The molecule has 0 amide bonds. The van der Waals surface area contributed by atoms with E-state index in [0.29, 0.717) is 5.41 Å². The average Bonchev–Trinajstić information content (AvgIpc) is 2.30. The number of ether oxygens (including phenoxy) is 1. The summed E-state index contributed by atoms with van der Waals surface area (Å²) >= 11 is 4.55. The third-order valence-corrected chi connectivity index (χ3v) is 4.11. The van der Waals surface area contributed by atoms with E-state index in [4.69, 9.17) is 4.74 Å². The van der Waals surface area contributed by atoms with Crippen LogP contribution in [0.5, 0.6) is 0 Å². The van der Waals surface area contributed by atoms with Crippen LogP contribution >= 0.6 is 12.6 Å². The maximum atomic E-state index is 5.45. The summed E-state index contributed by atoms with van der Waals surface area (Å²) in [5.41, 5.74) is 0.409. The summed E-state index contributed by atoms with van der Waals surface area (Å²) in [5, 5.41) is 0. The van der Waals surface area contributed by atoms with Crippen LogP contribution in [-0.4, -0.2) is 43.5 Å². The summed E-state index contributed by atoms with van der Waals surface area (Å²) in [6, 6.07) is 0. The number of nitrogens with zero attached hydrogens (tertiary/aromatic N) is 1. The lowest BCUT2D eigenvalue weighted by molar-refractivity contribution is 0.00851. The lowest BCUT2D eigenvalue weighted by Gasteiger charge is -2.39. The molecule has 1 fully saturated rings. The van der Waals surface area contributed by atoms with E-state index in [1.165, 1.54) is 32.4 Å². The van der Waals surface area contributed by atoms with Gasteiger partial charge in [0, 0.05) is 19.8 Å². The van der Waals surface area contributed by atoms with Crippen molar-refractivity contribution in [2.45, 2.75) is 33.1 Å². The van der Waals surface area contributed by atoms with Crippen LogP contribution in [0.3, 0.4) is 0 Å². The van der Waals surface area contributed by atoms with Gasteiger partial charge in [-0.2, -0.15) is 12.6 Å². The van der Waals surface area contributed by atoms with Gasteiger partial charge in [-0.05, 0) is 43.5 Å². The Morgan fingerprint density at radius 3 is 2.40 bits per heavy atom. The second-order valence-electron chi connectivity index (χ2n) is 4.64. The van der Waals surface area contributed by atoms with E-state index in [-0.39, 0.29) is 0 Å². The molecule has 1 aliphatic rings. The molecule has 0 aromatic heterocycles. The van der Waals surface area contributed by atoms with Crippen LogP contribution in [0.2, 0.25) is 0 Å². The Bertz CT molecular complexity index is 169. The maximum absolute atomic E-state index is 5.45. The van der Waals surface area contributed by atoms with Crippen molar-refractivity contribution in [2.24, 2.45) is 5.41 Å². The Kier molecular flexibility index (Phi) is 6.02. The first-order chi connectivity index (χ1) is 7.26. The van der Waals surface area contributed by atoms with Gasteiger partial charge in [-0.3, -0.25) is 0 Å². The molecular formula is C12H25NOS. The van der Waals surface area contributed by atoms with Crippen LogP contribution in [0.1, 0.15) is 33.1 Å². The molecule has 0 unspecified atom stereocenters. The molecular weight excluding hydrogens is 206 g/mol. The summed E-state index contributed by atoms with van der Waals surface area (Å²) in [7, 11) is 0. The Labute approximate surface area is 99.8 Å². The monoisotopic (exact) mass is 231 g/mol. The van der Waals surface area contributed by atoms with E-state index in [9.17, 15) is 0 Å². The van der Waals surface area contributed by atoms with Gasteiger partial charge in [0.15, 0.2) is 0 Å². The highest BCUT2D eigenvalue weighted by molar-refractivity contribution is 7.80. The average molecular weight is 231 g/mol. The molecule has 1 rings (SSSR count). The molecule has 15 heavy (non-hydrogen) atoms. The van der Waals surface area contributed by atoms with E-state index in [0.717, 1.165) is 25.5 Å². The van der Waals surface area contributed by atoms with Crippen LogP contribution in [0.15, 0.2) is 0 Å². The zero-order valence-electron chi connectivity index (χ0n) is 10.2. The Morgan fingerprint density at radius 1 is 1.27 bits per heavy atom. The summed E-state index contributed by atoms with van der Waals surface area (Å²) in [5.74, 6) is 0.997. The van der Waals surface area contributed by atoms with Crippen LogP contribution in [0.4, 0.5) is 0 Å². The largest absolute Gasteiger partial charge is 0.381 e. The van der Waals surface area contributed by atoms with Crippen molar-refractivity contribution in [3.63, 3.8) is 0 Å². The number of rotatable bonds is 6. The van der Waals surface area contributed by atoms with Crippen molar-refractivity contribution >= 4 is 12.6 Å². The molecule has 90 valence electrons. The summed E-state index contributed by atoms with van der Waals surface area (Å²) in [6.07, 6.45) is 3.60. The molecule has 0 radical (unpaired) electrons. The number of hydrogen-bond donors (Lipinski definition) is 1. The highest BCUT2D eigenvalue weighted by Gasteiger charge is 2.32. The minimum atomic E-state index is 0.409. The van der Waals surface area contributed by atoms with E-state index in [1.54, 1.807) is 0 Å². The van der Waals surface area contributed by atoms with E-state index < -0.39 is 0 Å². The lowest BCUT2D eigenvalue weighted by Crippen LogP contribution is -2.43. The van der Waals surface area contributed by atoms with Crippen molar-refractivity contribution in [3.05, 3.63) is 0 Å². The third kappa shape index (κ3) is 3.97. The molecule has 0 aliphatic carbocycles. The Hall–Kier alpha value is 0.270. The molecule has 1 heterocycles. The molecule has 0 N–H and O–H groups in total. The normalized spacial score (nSPS) is 20.8. The molecule has 0 aromatic carbocycles. The maximum Gasteiger partial charge on any atom is 0.0472 e. The van der Waals surface area contributed by atoms with E-state index in [1.807, 2.05) is 0 Å². The summed E-state index contributed by atoms with van der Waals surface area (Å²) < 4.78 is 5.45. The first kappa shape index (κ1) is 13.3. The van der Waals surface area contributed by atoms with Gasteiger partial charge >= 0.3 is 0 Å². The number of thiol groups is 1. The van der Waals surface area contributed by atoms with Gasteiger partial charge in [-0.1, -0.05) is 13.8 Å². The smallest absolute Gasteiger partial charge is 0.0472 e. The molecule has 0 aromatic rings. The second-order valence-corrected chi connectivity index (χ2v) is 4.96. The topological polar surface area (TPSA) is 12.5 Å². The number of hydrogen-bond acceptors (Lipinski definition) is 3. The molecule has 3 heteroatoms. The zero-order chi connectivity index (χ0) is 11.1. The molecule has 1 aliphatic heterocycles. The van der Waals surface area contributed by atoms with Crippen LogP contribution < -0.4 is 0 Å². The molecule has 1 saturated heterocycles. The predicted molar refractivity (Wildman–Crippen MR) is 68.7 cm³/mol. The molecule has 0 bridgehead atoms. The summed E-state index contributed by atoms with van der Waals surface area (Å²) in [6.45, 7) is 9.91. The fraction of sp³-hybridized carbons (Fsp3) is 1.00. The van der Waals surface area contributed by atoms with Gasteiger partial charge in [-0.25, -0.2) is 0 Å². The highest BCUT2D eigenvalue weighted by atomic mass is 32.1. The summed E-state index contributed by atoms with van der Waals surface area (Å²) in [4.78, 5) is 2.56. The van der Waals surface area contributed by atoms with Crippen LogP contribution in [-0.2, 0) is 4.74 Å². The first-order valence-corrected chi connectivity index (χ1v) is 6.80. The SMILES string of the molecule is CCCN(CC)CC1(CS)CCOCC1. The van der Waals surface area contributed by atoms with E-state index in [2.05, 4.69) is 31.4 Å². The Balaban J connectivity index is 2.49. The fourth-order valence-corrected chi connectivity index (χ4v) is 2.73. The van der Waals surface area contributed by atoms with Crippen molar-refractivity contribution < 1.29 is 4.74 Å². The first-order valence-electron chi connectivity index (χ1n) is 6.17. The van der Waals surface area contributed by atoms with Crippen LogP contribution in [0, 0.1) is 5.41 Å². The van der Waals surface area contributed by atoms with Gasteiger partial charge in [0.05, 0.1) is 0 Å². The van der Waals surface area contributed by atoms with Crippen molar-refractivity contribution in [1.82, 2.24) is 4.90 Å². The standard InChI is InChI=1S/C12H25NOS/c1-3-7-13(4-2)10-12(11-15)5-8-14-9-6-12/h15H,3-11H2,1-2H3. The van der Waals surface area contributed by atoms with Gasteiger partial charge in [0.25, 0.3) is 0 Å². The van der Waals surface area contributed by atoms with E-state index >= 15 is 0 Å². The third-order valence-electron chi connectivity index (χ3n) is 3.43. The Morgan fingerprint density at radius 2 is 1.93 bits per heavy atom. The minimum absolute atomic E-state index is 0.409. The second kappa shape index (κ2) is 6.77. The van der Waals surface area contributed by atoms with Crippen molar-refractivity contribution in [1.29, 1.82) is 0 Å². The van der Waals surface area contributed by atoms with Crippen molar-refractivity contribution in [2.75, 3.05) is 38.6 Å². The highest BCUT2D eigenvalue weighted by Crippen LogP contribution is 2.32. The predicted octanol–water partition coefficient (Wildman–Crippen LogP) is 2.44. The molecule has 0 atom stereocenters. The minimum Gasteiger partial charge on any atom is -0.381 e. The van der Waals surface area contributed by atoms with Gasteiger partial charge in [-0.15, -0.1) is 0 Å². The lowest BCUT2D eigenvalue weighted by atomic mass is 9.81. The van der Waals surface area contributed by atoms with Crippen molar-refractivity contribution in [3.8, 4) is 0 Å². The quantitative estimate of drug-likeness (QED) is 0.705. The molecule has 2 nitrogen and oxygen atoms in total. The van der Waals surface area contributed by atoms with Gasteiger partial charge < -0.3 is 9.64 Å². The zero-order valence-corrected chi connectivity index (χ0v) is 11.1. The fourth-order valence-electron chi connectivity index (χ4n) is 2.31. The van der Waals surface area contributed by atoms with Gasteiger partial charge in [0.2, 0.25) is 0 Å².